The van der Waals surface area contributed by atoms with E-state index in [-0.39, 0.29) is 16.7 Å². The second-order valence-electron chi connectivity index (χ2n) is 10.00. The highest BCUT2D eigenvalue weighted by molar-refractivity contribution is 7.99. The van der Waals surface area contributed by atoms with Crippen LogP contribution in [-0.2, 0) is 4.74 Å². The Morgan fingerprint density at radius 2 is 1.91 bits per heavy atom. The SMILES string of the molecule is CC(=N)n1c(N2CCC(C)(CNC(=O)OC(C)(C)C)CC2)ncc(Sc2cccc(Cl)c2Cl)c1=N. The fourth-order valence-electron chi connectivity index (χ4n) is 3.77. The number of hydrogen-bond acceptors (Lipinski definition) is 7. The number of carbonyl (C=O) groups excluding carboxylic acids is 1. The Bertz CT molecular complexity index is 1170. The number of halogens is 2. The average molecular weight is 540 g/mol. The van der Waals surface area contributed by atoms with Gasteiger partial charge in [0.25, 0.3) is 0 Å². The minimum atomic E-state index is -0.533. The van der Waals surface area contributed by atoms with Crippen LogP contribution >= 0.6 is 35.0 Å². The molecule has 0 bridgehead atoms. The maximum absolute atomic E-state index is 12.1. The van der Waals surface area contributed by atoms with Crippen LogP contribution in [0.4, 0.5) is 10.7 Å². The summed E-state index contributed by atoms with van der Waals surface area (Å²) >= 11 is 13.8. The molecule has 1 aliphatic heterocycles. The molecular weight excluding hydrogens is 507 g/mol. The third-order valence-corrected chi connectivity index (χ3v) is 7.75. The van der Waals surface area contributed by atoms with E-state index in [0.29, 0.717) is 40.5 Å². The van der Waals surface area contributed by atoms with Gasteiger partial charge in [0.15, 0.2) is 0 Å². The Hall–Kier alpha value is -2.23. The van der Waals surface area contributed by atoms with Crippen LogP contribution in [0.2, 0.25) is 10.0 Å². The summed E-state index contributed by atoms with van der Waals surface area (Å²) < 4.78 is 6.90. The second-order valence-corrected chi connectivity index (χ2v) is 11.9. The molecule has 2 aromatic rings. The molecule has 11 heteroatoms. The summed E-state index contributed by atoms with van der Waals surface area (Å²) in [5.41, 5.74) is -0.446. The molecule has 0 radical (unpaired) electrons. The van der Waals surface area contributed by atoms with Crippen molar-refractivity contribution in [2.75, 3.05) is 24.5 Å². The smallest absolute Gasteiger partial charge is 0.407 e. The fourth-order valence-corrected chi connectivity index (χ4v) is 5.11. The number of aromatic nitrogens is 2. The van der Waals surface area contributed by atoms with Gasteiger partial charge in [-0.3, -0.25) is 15.4 Å². The zero-order valence-electron chi connectivity index (χ0n) is 20.7. The molecule has 0 aliphatic carbocycles. The van der Waals surface area contributed by atoms with Crippen LogP contribution in [0.25, 0.3) is 0 Å². The zero-order valence-corrected chi connectivity index (χ0v) is 23.0. The Morgan fingerprint density at radius 1 is 1.26 bits per heavy atom. The molecule has 2 heterocycles. The van der Waals surface area contributed by atoms with E-state index in [1.165, 1.54) is 11.8 Å². The predicted octanol–water partition coefficient (Wildman–Crippen LogP) is 5.80. The topological polar surface area (TPSA) is 107 Å². The summed E-state index contributed by atoms with van der Waals surface area (Å²) in [6.07, 6.45) is 2.89. The van der Waals surface area contributed by atoms with Crippen molar-refractivity contribution in [1.29, 1.82) is 10.8 Å². The summed E-state index contributed by atoms with van der Waals surface area (Å²) in [4.78, 5) is 20.1. The van der Waals surface area contributed by atoms with Gasteiger partial charge in [-0.2, -0.15) is 0 Å². The van der Waals surface area contributed by atoms with Gasteiger partial charge < -0.3 is 15.0 Å². The van der Waals surface area contributed by atoms with Crippen LogP contribution in [0.1, 0.15) is 47.5 Å². The lowest BCUT2D eigenvalue weighted by Crippen LogP contribution is -2.47. The molecule has 0 spiro atoms. The van der Waals surface area contributed by atoms with E-state index < -0.39 is 11.7 Å². The number of nitrogens with zero attached hydrogens (tertiary/aromatic N) is 3. The highest BCUT2D eigenvalue weighted by Gasteiger charge is 2.33. The molecule has 190 valence electrons. The minimum Gasteiger partial charge on any atom is -0.444 e. The molecule has 1 fully saturated rings. The van der Waals surface area contributed by atoms with E-state index >= 15 is 0 Å². The molecule has 35 heavy (non-hydrogen) atoms. The Morgan fingerprint density at radius 3 is 2.51 bits per heavy atom. The lowest BCUT2D eigenvalue weighted by molar-refractivity contribution is 0.0495. The minimum absolute atomic E-state index is 0.0825. The van der Waals surface area contributed by atoms with Crippen LogP contribution < -0.4 is 15.7 Å². The third-order valence-electron chi connectivity index (χ3n) is 5.74. The summed E-state index contributed by atoms with van der Waals surface area (Å²) in [5.74, 6) is 0.767. The van der Waals surface area contributed by atoms with Gasteiger partial charge >= 0.3 is 6.09 Å². The lowest BCUT2D eigenvalue weighted by Gasteiger charge is -2.40. The number of piperidine rings is 1. The number of amides is 1. The van der Waals surface area contributed by atoms with Gasteiger partial charge in [0.1, 0.15) is 16.9 Å². The van der Waals surface area contributed by atoms with Crippen molar-refractivity contribution in [2.45, 2.75) is 62.9 Å². The van der Waals surface area contributed by atoms with Gasteiger partial charge in [-0.25, -0.2) is 9.78 Å². The Kier molecular flexibility index (Phi) is 8.44. The number of carbonyl (C=O) groups is 1. The number of benzene rings is 1. The monoisotopic (exact) mass is 538 g/mol. The van der Waals surface area contributed by atoms with Crippen molar-refractivity contribution in [3.8, 4) is 0 Å². The Labute approximate surface area is 220 Å². The maximum Gasteiger partial charge on any atom is 0.407 e. The molecule has 3 N–H and O–H groups in total. The van der Waals surface area contributed by atoms with E-state index in [1.54, 1.807) is 29.8 Å². The van der Waals surface area contributed by atoms with Crippen LogP contribution in [0.5, 0.6) is 0 Å². The van der Waals surface area contributed by atoms with Gasteiger partial charge in [-0.05, 0) is 58.1 Å². The number of alkyl carbamates (subject to hydrolysis) is 1. The fraction of sp³-hybridized carbons (Fsp3) is 0.500. The summed E-state index contributed by atoms with van der Waals surface area (Å²) in [5, 5.41) is 20.8. The van der Waals surface area contributed by atoms with Gasteiger partial charge in [0.05, 0.1) is 14.9 Å². The molecule has 0 saturated carbocycles. The first kappa shape index (κ1) is 27.4. The first-order valence-electron chi connectivity index (χ1n) is 11.4. The molecule has 8 nitrogen and oxygen atoms in total. The molecule has 1 amide bonds. The first-order chi connectivity index (χ1) is 16.3. The van der Waals surface area contributed by atoms with Crippen molar-refractivity contribution in [1.82, 2.24) is 14.9 Å². The van der Waals surface area contributed by atoms with Crippen LogP contribution in [0.3, 0.4) is 0 Å². The summed E-state index contributed by atoms with van der Waals surface area (Å²) in [6, 6.07) is 5.36. The lowest BCUT2D eigenvalue weighted by atomic mass is 9.80. The number of rotatable bonds is 5. The highest BCUT2D eigenvalue weighted by atomic mass is 35.5. The van der Waals surface area contributed by atoms with Crippen LogP contribution in [0, 0.1) is 16.2 Å². The van der Waals surface area contributed by atoms with Crippen molar-refractivity contribution in [2.24, 2.45) is 5.41 Å². The standard InChI is InChI=1S/C24H32Cl2N6O2S/c1-15(27)32-20(28)18(35-17-8-6-7-16(25)19(17)26)13-29-21(32)31-11-9-24(5,10-12-31)14-30-22(33)34-23(2,3)4/h6-8,13,27-28H,9-12,14H2,1-5H3,(H,30,33). The van der Waals surface area contributed by atoms with E-state index in [4.69, 9.17) is 38.8 Å². The summed E-state index contributed by atoms with van der Waals surface area (Å²) in [6.45, 7) is 11.2. The number of nitrogens with one attached hydrogen (secondary N) is 3. The molecular formula is C24H32Cl2N6O2S. The first-order valence-corrected chi connectivity index (χ1v) is 12.9. The van der Waals surface area contributed by atoms with Gasteiger partial charge in [-0.15, -0.1) is 0 Å². The van der Waals surface area contributed by atoms with Crippen molar-refractivity contribution >= 4 is 52.8 Å². The van der Waals surface area contributed by atoms with Crippen molar-refractivity contribution < 1.29 is 9.53 Å². The molecule has 1 aliphatic rings. The van der Waals surface area contributed by atoms with Gasteiger partial charge in [0.2, 0.25) is 5.95 Å². The van der Waals surface area contributed by atoms with E-state index in [0.717, 1.165) is 17.7 Å². The maximum atomic E-state index is 12.1. The zero-order chi connectivity index (χ0) is 26.0. The van der Waals surface area contributed by atoms with Crippen molar-refractivity contribution in [3.05, 3.63) is 39.9 Å². The molecule has 1 aromatic heterocycles. The van der Waals surface area contributed by atoms with Crippen LogP contribution in [0.15, 0.2) is 34.2 Å². The predicted molar refractivity (Wildman–Crippen MR) is 141 cm³/mol. The van der Waals surface area contributed by atoms with E-state index in [1.807, 2.05) is 26.8 Å². The number of anilines is 1. The second kappa shape index (κ2) is 10.8. The van der Waals surface area contributed by atoms with Crippen LogP contribution in [-0.4, -0.2) is 46.7 Å². The number of hydrogen-bond donors (Lipinski definition) is 3. The highest BCUT2D eigenvalue weighted by Crippen LogP contribution is 2.36. The quantitative estimate of drug-likeness (QED) is 0.329. The molecule has 3 rings (SSSR count). The van der Waals surface area contributed by atoms with E-state index in [2.05, 4.69) is 22.1 Å². The molecule has 0 atom stereocenters. The molecule has 1 saturated heterocycles. The van der Waals surface area contributed by atoms with Gasteiger partial charge in [0, 0.05) is 30.7 Å². The third kappa shape index (κ3) is 6.92. The van der Waals surface area contributed by atoms with Gasteiger partial charge in [-0.1, -0.05) is 48.0 Å². The van der Waals surface area contributed by atoms with E-state index in [9.17, 15) is 4.79 Å². The summed E-state index contributed by atoms with van der Waals surface area (Å²) in [7, 11) is 0. The largest absolute Gasteiger partial charge is 0.444 e. The Balaban J connectivity index is 1.74. The molecule has 0 unspecified atom stereocenters. The molecule has 1 aromatic carbocycles. The van der Waals surface area contributed by atoms with Crippen molar-refractivity contribution in [3.63, 3.8) is 0 Å². The number of ether oxygens (including phenoxy) is 1. The average Bonchev–Trinajstić information content (AvgIpc) is 2.76. The normalized spacial score (nSPS) is 15.6.